The van der Waals surface area contributed by atoms with Gasteiger partial charge in [0.2, 0.25) is 5.13 Å². The molecule has 0 atom stereocenters. The summed E-state index contributed by atoms with van der Waals surface area (Å²) in [6.07, 6.45) is 0. The van der Waals surface area contributed by atoms with E-state index in [1.807, 2.05) is 4.72 Å². The summed E-state index contributed by atoms with van der Waals surface area (Å²) in [5.74, 6) is 0.515. The second-order valence-electron chi connectivity index (χ2n) is 1.79. The zero-order valence-corrected chi connectivity index (χ0v) is 7.24. The van der Waals surface area contributed by atoms with Crippen LogP contribution in [-0.2, 0) is 10.2 Å². The SMILES string of the molecule is Cc1nsc(NS(N)(=O)=O)n1. The molecule has 0 aliphatic heterocycles. The number of nitrogens with one attached hydrogen (secondary N) is 1. The molecule has 8 heteroatoms. The molecule has 1 aromatic heterocycles. The van der Waals surface area contributed by atoms with E-state index in [9.17, 15) is 8.42 Å². The number of aromatic nitrogens is 2. The van der Waals surface area contributed by atoms with Crippen molar-refractivity contribution in [3.8, 4) is 0 Å². The van der Waals surface area contributed by atoms with E-state index in [0.29, 0.717) is 5.82 Å². The number of aryl methyl sites for hydroxylation is 1. The Morgan fingerprint density at radius 2 is 2.27 bits per heavy atom. The molecule has 0 spiro atoms. The summed E-state index contributed by atoms with van der Waals surface area (Å²) >= 11 is 0.945. The molecular weight excluding hydrogens is 188 g/mol. The minimum atomic E-state index is -3.71. The minimum absolute atomic E-state index is 0.185. The van der Waals surface area contributed by atoms with Crippen molar-refractivity contribution in [1.82, 2.24) is 9.36 Å². The quantitative estimate of drug-likeness (QED) is 0.660. The van der Waals surface area contributed by atoms with Crippen molar-refractivity contribution < 1.29 is 8.42 Å². The number of rotatable bonds is 2. The fourth-order valence-corrected chi connectivity index (χ4v) is 1.68. The highest BCUT2D eigenvalue weighted by molar-refractivity contribution is 7.90. The summed E-state index contributed by atoms with van der Waals surface area (Å²) in [5.41, 5.74) is 0. The molecule has 0 saturated carbocycles. The summed E-state index contributed by atoms with van der Waals surface area (Å²) in [6.45, 7) is 1.66. The third kappa shape index (κ3) is 2.78. The van der Waals surface area contributed by atoms with Gasteiger partial charge in [-0.1, -0.05) is 0 Å². The van der Waals surface area contributed by atoms with Crippen LogP contribution in [0, 0.1) is 6.92 Å². The van der Waals surface area contributed by atoms with Gasteiger partial charge in [0.05, 0.1) is 0 Å². The molecule has 1 heterocycles. The molecular formula is C3H6N4O2S2. The normalized spacial score (nSPS) is 11.5. The smallest absolute Gasteiger partial charge is 0.245 e. The first kappa shape index (κ1) is 8.37. The van der Waals surface area contributed by atoms with Gasteiger partial charge in [0.25, 0.3) is 10.2 Å². The maximum absolute atomic E-state index is 10.4. The highest BCUT2D eigenvalue weighted by Crippen LogP contribution is 2.10. The van der Waals surface area contributed by atoms with Crippen molar-refractivity contribution in [3.63, 3.8) is 0 Å². The first-order valence-electron chi connectivity index (χ1n) is 2.58. The Morgan fingerprint density at radius 1 is 1.64 bits per heavy atom. The van der Waals surface area contributed by atoms with E-state index in [1.165, 1.54) is 0 Å². The van der Waals surface area contributed by atoms with Crippen LogP contribution in [0.3, 0.4) is 0 Å². The van der Waals surface area contributed by atoms with Crippen LogP contribution in [0.1, 0.15) is 5.82 Å². The van der Waals surface area contributed by atoms with Crippen LogP contribution in [-0.4, -0.2) is 17.8 Å². The van der Waals surface area contributed by atoms with Gasteiger partial charge in [-0.05, 0) is 6.92 Å². The molecule has 0 radical (unpaired) electrons. The zero-order chi connectivity index (χ0) is 8.48. The average Bonchev–Trinajstić information content (AvgIpc) is 2.10. The van der Waals surface area contributed by atoms with E-state index >= 15 is 0 Å². The van der Waals surface area contributed by atoms with E-state index < -0.39 is 10.2 Å². The predicted octanol–water partition coefficient (Wildman–Crippen LogP) is -0.538. The molecule has 62 valence electrons. The van der Waals surface area contributed by atoms with Gasteiger partial charge < -0.3 is 0 Å². The highest BCUT2D eigenvalue weighted by Gasteiger charge is 2.05. The van der Waals surface area contributed by atoms with E-state index in [0.717, 1.165) is 11.5 Å². The van der Waals surface area contributed by atoms with Crippen LogP contribution in [0.4, 0.5) is 5.13 Å². The molecule has 1 rings (SSSR count). The molecule has 0 fully saturated rings. The lowest BCUT2D eigenvalue weighted by molar-refractivity contribution is 0.603. The summed E-state index contributed by atoms with van der Waals surface area (Å²) < 4.78 is 26.6. The molecule has 0 aromatic carbocycles. The van der Waals surface area contributed by atoms with E-state index in [4.69, 9.17) is 0 Å². The second kappa shape index (κ2) is 2.72. The summed E-state index contributed by atoms with van der Waals surface area (Å²) in [6, 6.07) is 0. The maximum atomic E-state index is 10.4. The van der Waals surface area contributed by atoms with Crippen LogP contribution >= 0.6 is 11.5 Å². The Hall–Kier alpha value is -0.730. The molecule has 0 bridgehead atoms. The first-order chi connectivity index (χ1) is 4.97. The maximum Gasteiger partial charge on any atom is 0.298 e. The van der Waals surface area contributed by atoms with E-state index in [2.05, 4.69) is 14.5 Å². The van der Waals surface area contributed by atoms with Gasteiger partial charge >= 0.3 is 0 Å². The van der Waals surface area contributed by atoms with Crippen molar-refractivity contribution in [2.45, 2.75) is 6.92 Å². The second-order valence-corrected chi connectivity index (χ2v) is 3.84. The summed E-state index contributed by atoms with van der Waals surface area (Å²) in [7, 11) is -3.71. The minimum Gasteiger partial charge on any atom is -0.245 e. The number of hydrogen-bond acceptors (Lipinski definition) is 5. The highest BCUT2D eigenvalue weighted by atomic mass is 32.2. The van der Waals surface area contributed by atoms with Crippen LogP contribution < -0.4 is 9.86 Å². The molecule has 11 heavy (non-hydrogen) atoms. The van der Waals surface area contributed by atoms with Gasteiger partial charge in [-0.2, -0.15) is 12.8 Å². The molecule has 6 nitrogen and oxygen atoms in total. The van der Waals surface area contributed by atoms with Gasteiger partial charge in [0, 0.05) is 11.5 Å². The summed E-state index contributed by atoms with van der Waals surface area (Å²) in [4.78, 5) is 3.73. The molecule has 0 aliphatic rings. The monoisotopic (exact) mass is 194 g/mol. The number of hydrogen-bond donors (Lipinski definition) is 2. The molecule has 0 saturated heterocycles. The van der Waals surface area contributed by atoms with Gasteiger partial charge in [-0.15, -0.1) is 0 Å². The van der Waals surface area contributed by atoms with Crippen molar-refractivity contribution in [3.05, 3.63) is 5.82 Å². The number of anilines is 1. The molecule has 0 amide bonds. The summed E-state index contributed by atoms with van der Waals surface area (Å²) in [5, 5.41) is 4.86. The third-order valence-electron chi connectivity index (χ3n) is 0.757. The molecule has 3 N–H and O–H groups in total. The van der Waals surface area contributed by atoms with Crippen molar-refractivity contribution in [1.29, 1.82) is 0 Å². The largest absolute Gasteiger partial charge is 0.298 e. The van der Waals surface area contributed by atoms with Crippen molar-refractivity contribution in [2.24, 2.45) is 5.14 Å². The standard InChI is InChI=1S/C3H6N4O2S2/c1-2-5-3(10-6-2)7-11(4,8)9/h1H3,(H2,4,8,9)(H,5,6,7). The van der Waals surface area contributed by atoms with E-state index in [1.54, 1.807) is 6.92 Å². The van der Waals surface area contributed by atoms with Gasteiger partial charge in [0.15, 0.2) is 0 Å². The number of nitrogens with zero attached hydrogens (tertiary/aromatic N) is 2. The Kier molecular flexibility index (Phi) is 2.07. The molecule has 0 unspecified atom stereocenters. The predicted molar refractivity (Wildman–Crippen MR) is 41.4 cm³/mol. The van der Waals surface area contributed by atoms with Crippen LogP contribution in [0.2, 0.25) is 0 Å². The lowest BCUT2D eigenvalue weighted by Crippen LogP contribution is -2.21. The van der Waals surface area contributed by atoms with Gasteiger partial charge in [-0.3, -0.25) is 0 Å². The van der Waals surface area contributed by atoms with Crippen molar-refractivity contribution >= 4 is 26.9 Å². The van der Waals surface area contributed by atoms with Gasteiger partial charge in [-0.25, -0.2) is 14.8 Å². The molecule has 0 aliphatic carbocycles. The number of nitrogens with two attached hydrogens (primary N) is 1. The topological polar surface area (TPSA) is 98.0 Å². The lowest BCUT2D eigenvalue weighted by atomic mass is 10.8. The fraction of sp³-hybridized carbons (Fsp3) is 0.333. The van der Waals surface area contributed by atoms with Crippen LogP contribution in [0.25, 0.3) is 0 Å². The fourth-order valence-electron chi connectivity index (χ4n) is 0.460. The van der Waals surface area contributed by atoms with Crippen LogP contribution in [0.15, 0.2) is 0 Å². The lowest BCUT2D eigenvalue weighted by Gasteiger charge is -1.94. The Balaban J connectivity index is 2.81. The van der Waals surface area contributed by atoms with E-state index in [-0.39, 0.29) is 5.13 Å². The third-order valence-corrected chi connectivity index (χ3v) is 2.09. The Morgan fingerprint density at radius 3 is 2.64 bits per heavy atom. The zero-order valence-electron chi connectivity index (χ0n) is 5.60. The Bertz CT molecular complexity index is 342. The van der Waals surface area contributed by atoms with Crippen LogP contribution in [0.5, 0.6) is 0 Å². The first-order valence-corrected chi connectivity index (χ1v) is 4.90. The van der Waals surface area contributed by atoms with Crippen molar-refractivity contribution in [2.75, 3.05) is 4.72 Å². The van der Waals surface area contributed by atoms with Gasteiger partial charge in [0.1, 0.15) is 5.82 Å². The average molecular weight is 194 g/mol. The molecule has 1 aromatic rings. The Labute approximate surface area is 67.8 Å².